The first-order chi connectivity index (χ1) is 13.2. The van der Waals surface area contributed by atoms with Crippen LogP contribution in [-0.2, 0) is 11.3 Å². The van der Waals surface area contributed by atoms with Crippen molar-refractivity contribution in [1.82, 2.24) is 19.6 Å². The van der Waals surface area contributed by atoms with Crippen LogP contribution in [0, 0.1) is 5.92 Å². The maximum Gasteiger partial charge on any atom is 0.253 e. The minimum Gasteiger partial charge on any atom is -0.342 e. The largest absolute Gasteiger partial charge is 0.342 e. The fraction of sp³-hybridized carbons (Fsp3) is 0.476. The van der Waals surface area contributed by atoms with Crippen LogP contribution in [0.3, 0.4) is 0 Å². The molecule has 1 aromatic heterocycles. The summed E-state index contributed by atoms with van der Waals surface area (Å²) >= 11 is 0. The quantitative estimate of drug-likeness (QED) is 0.835. The van der Waals surface area contributed by atoms with Crippen molar-refractivity contribution < 1.29 is 9.59 Å². The lowest BCUT2D eigenvalue weighted by molar-refractivity contribution is -0.135. The van der Waals surface area contributed by atoms with Gasteiger partial charge in [0.25, 0.3) is 5.91 Å². The minimum atomic E-state index is 0.0627. The first-order valence-corrected chi connectivity index (χ1v) is 9.85. The monoisotopic (exact) mass is 366 g/mol. The molecule has 0 spiro atoms. The second kappa shape index (κ2) is 7.94. The van der Waals surface area contributed by atoms with Gasteiger partial charge in [0.1, 0.15) is 0 Å². The number of benzene rings is 1. The highest BCUT2D eigenvalue weighted by Gasteiger charge is 2.31. The number of piperidine rings is 1. The van der Waals surface area contributed by atoms with Crippen LogP contribution in [0.1, 0.15) is 41.6 Å². The summed E-state index contributed by atoms with van der Waals surface area (Å²) in [4.78, 5) is 29.2. The molecule has 0 aliphatic carbocycles. The molecule has 0 atom stereocenters. The standard InChI is InChI=1S/C21H26N4O2/c26-20(18-6-4-17(5-7-18)16-25-13-3-10-22-25)24-14-8-19(9-15-24)21(27)23-11-1-2-12-23/h3-7,10,13,19H,1-2,8-9,11-12,14-16H2. The first kappa shape index (κ1) is 17.8. The highest BCUT2D eigenvalue weighted by molar-refractivity contribution is 5.94. The van der Waals surface area contributed by atoms with Crippen molar-refractivity contribution in [2.45, 2.75) is 32.2 Å². The van der Waals surface area contributed by atoms with Gasteiger partial charge < -0.3 is 9.80 Å². The lowest BCUT2D eigenvalue weighted by Crippen LogP contribution is -2.43. The zero-order chi connectivity index (χ0) is 18.6. The second-order valence-electron chi connectivity index (χ2n) is 7.50. The average Bonchev–Trinajstić information content (AvgIpc) is 3.42. The highest BCUT2D eigenvalue weighted by Crippen LogP contribution is 2.23. The summed E-state index contributed by atoms with van der Waals surface area (Å²) < 4.78 is 1.86. The lowest BCUT2D eigenvalue weighted by Gasteiger charge is -2.33. The Morgan fingerprint density at radius 3 is 2.30 bits per heavy atom. The van der Waals surface area contributed by atoms with Crippen LogP contribution >= 0.6 is 0 Å². The molecule has 0 bridgehead atoms. The van der Waals surface area contributed by atoms with Crippen LogP contribution in [0.2, 0.25) is 0 Å². The van der Waals surface area contributed by atoms with E-state index < -0.39 is 0 Å². The van der Waals surface area contributed by atoms with Crippen LogP contribution in [0.5, 0.6) is 0 Å². The minimum absolute atomic E-state index is 0.0627. The van der Waals surface area contributed by atoms with E-state index in [1.54, 1.807) is 6.20 Å². The fourth-order valence-electron chi connectivity index (χ4n) is 4.04. The van der Waals surface area contributed by atoms with E-state index in [1.807, 2.05) is 51.0 Å². The number of rotatable bonds is 4. The van der Waals surface area contributed by atoms with Crippen LogP contribution in [0.4, 0.5) is 0 Å². The summed E-state index contributed by atoms with van der Waals surface area (Å²) in [6.45, 7) is 3.84. The molecule has 2 amide bonds. The molecule has 1 aromatic carbocycles. The summed E-state index contributed by atoms with van der Waals surface area (Å²) in [5.74, 6) is 0.443. The zero-order valence-electron chi connectivity index (χ0n) is 15.6. The van der Waals surface area contributed by atoms with E-state index in [1.165, 1.54) is 0 Å². The average molecular weight is 366 g/mol. The van der Waals surface area contributed by atoms with Crippen LogP contribution < -0.4 is 0 Å². The van der Waals surface area contributed by atoms with E-state index in [-0.39, 0.29) is 11.8 Å². The van der Waals surface area contributed by atoms with Crippen molar-refractivity contribution >= 4 is 11.8 Å². The Hall–Kier alpha value is -2.63. The van der Waals surface area contributed by atoms with Gasteiger partial charge in [0.2, 0.25) is 5.91 Å². The van der Waals surface area contributed by atoms with E-state index in [0.717, 1.165) is 44.3 Å². The Balaban J connectivity index is 1.31. The summed E-state index contributed by atoms with van der Waals surface area (Å²) in [6, 6.07) is 9.65. The molecule has 0 radical (unpaired) electrons. The van der Waals surface area contributed by atoms with Gasteiger partial charge in [-0.1, -0.05) is 12.1 Å². The third kappa shape index (κ3) is 4.04. The molecule has 2 saturated heterocycles. The topological polar surface area (TPSA) is 58.4 Å². The molecular weight excluding hydrogens is 340 g/mol. The van der Waals surface area contributed by atoms with Gasteiger partial charge in [-0.2, -0.15) is 5.10 Å². The van der Waals surface area contributed by atoms with Crippen molar-refractivity contribution in [2.24, 2.45) is 5.92 Å². The van der Waals surface area contributed by atoms with Gasteiger partial charge in [0, 0.05) is 50.1 Å². The van der Waals surface area contributed by atoms with Gasteiger partial charge in [-0.3, -0.25) is 14.3 Å². The molecule has 4 rings (SSSR count). The van der Waals surface area contributed by atoms with Crippen LogP contribution in [0.25, 0.3) is 0 Å². The Bertz CT molecular complexity index is 771. The number of nitrogens with zero attached hydrogens (tertiary/aromatic N) is 4. The maximum absolute atomic E-state index is 12.8. The lowest BCUT2D eigenvalue weighted by atomic mass is 9.95. The number of hydrogen-bond donors (Lipinski definition) is 0. The van der Waals surface area contributed by atoms with Gasteiger partial charge in [-0.15, -0.1) is 0 Å². The van der Waals surface area contributed by atoms with Gasteiger partial charge in [0.05, 0.1) is 6.54 Å². The molecule has 2 aliphatic rings. The summed E-state index contributed by atoms with van der Waals surface area (Å²) in [5, 5.41) is 4.20. The van der Waals surface area contributed by atoms with Crippen LogP contribution in [-0.4, -0.2) is 57.6 Å². The third-order valence-corrected chi connectivity index (χ3v) is 5.65. The normalized spacial score (nSPS) is 18.1. The SMILES string of the molecule is O=C(c1ccc(Cn2cccn2)cc1)N1CCC(C(=O)N2CCCC2)CC1. The van der Waals surface area contributed by atoms with E-state index >= 15 is 0 Å². The summed E-state index contributed by atoms with van der Waals surface area (Å²) in [6.07, 6.45) is 7.48. The highest BCUT2D eigenvalue weighted by atomic mass is 16.2. The number of likely N-dealkylation sites (tertiary alicyclic amines) is 2. The molecule has 0 N–H and O–H groups in total. The van der Waals surface area contributed by atoms with E-state index in [0.29, 0.717) is 31.1 Å². The number of amides is 2. The summed E-state index contributed by atoms with van der Waals surface area (Å²) in [5.41, 5.74) is 1.83. The molecule has 2 aliphatic heterocycles. The third-order valence-electron chi connectivity index (χ3n) is 5.65. The second-order valence-corrected chi connectivity index (χ2v) is 7.50. The Labute approximate surface area is 159 Å². The van der Waals surface area contributed by atoms with Gasteiger partial charge >= 0.3 is 0 Å². The van der Waals surface area contributed by atoms with Gasteiger partial charge in [-0.25, -0.2) is 0 Å². The number of aromatic nitrogens is 2. The summed E-state index contributed by atoms with van der Waals surface area (Å²) in [7, 11) is 0. The van der Waals surface area contributed by atoms with Crippen molar-refractivity contribution in [1.29, 1.82) is 0 Å². The number of hydrogen-bond acceptors (Lipinski definition) is 3. The molecule has 6 heteroatoms. The molecule has 0 unspecified atom stereocenters. The first-order valence-electron chi connectivity index (χ1n) is 9.85. The molecule has 3 heterocycles. The van der Waals surface area contributed by atoms with Gasteiger partial charge in [0.15, 0.2) is 0 Å². The Morgan fingerprint density at radius 1 is 0.963 bits per heavy atom. The van der Waals surface area contributed by atoms with E-state index in [9.17, 15) is 9.59 Å². The van der Waals surface area contributed by atoms with Crippen molar-refractivity contribution in [3.05, 3.63) is 53.9 Å². The Kier molecular flexibility index (Phi) is 5.23. The van der Waals surface area contributed by atoms with E-state index in [2.05, 4.69) is 5.10 Å². The predicted molar refractivity (Wildman–Crippen MR) is 102 cm³/mol. The molecule has 0 saturated carbocycles. The van der Waals surface area contributed by atoms with E-state index in [4.69, 9.17) is 0 Å². The smallest absolute Gasteiger partial charge is 0.253 e. The molecule has 2 aromatic rings. The molecule has 142 valence electrons. The Morgan fingerprint density at radius 2 is 1.67 bits per heavy atom. The fourth-order valence-corrected chi connectivity index (χ4v) is 4.04. The number of carbonyl (C=O) groups excluding carboxylic acids is 2. The van der Waals surface area contributed by atoms with Crippen molar-refractivity contribution in [3.8, 4) is 0 Å². The predicted octanol–water partition coefficient (Wildman–Crippen LogP) is 2.41. The van der Waals surface area contributed by atoms with Crippen LogP contribution in [0.15, 0.2) is 42.7 Å². The molecule has 27 heavy (non-hydrogen) atoms. The van der Waals surface area contributed by atoms with Gasteiger partial charge in [-0.05, 0) is 49.4 Å². The zero-order valence-corrected chi connectivity index (χ0v) is 15.6. The molecular formula is C21H26N4O2. The van der Waals surface area contributed by atoms with Crippen molar-refractivity contribution in [2.75, 3.05) is 26.2 Å². The maximum atomic E-state index is 12.8. The molecule has 6 nitrogen and oxygen atoms in total. The number of carbonyl (C=O) groups is 2. The molecule has 2 fully saturated rings. The van der Waals surface area contributed by atoms with Crippen molar-refractivity contribution in [3.63, 3.8) is 0 Å².